The van der Waals surface area contributed by atoms with E-state index in [1.807, 2.05) is 30.3 Å². The van der Waals surface area contributed by atoms with Crippen LogP contribution in [0.4, 0.5) is 0 Å². The standard InChI is InChI=1S/C22H36N2O2/c1-26-21-15-12-20(13-16-21)14-17-22(25)24-19-11-9-7-5-3-2-4-6-8-10-18-23/h12-17H,2-11,18-19,23H2,1H3,(H,24,25)/b17-14+. The number of rotatable bonds is 15. The Balaban J connectivity index is 1.95. The van der Waals surface area contributed by atoms with E-state index in [9.17, 15) is 4.79 Å². The lowest BCUT2D eigenvalue weighted by atomic mass is 10.1. The summed E-state index contributed by atoms with van der Waals surface area (Å²) < 4.78 is 5.11. The number of methoxy groups -OCH3 is 1. The molecular formula is C22H36N2O2. The Morgan fingerprint density at radius 1 is 0.923 bits per heavy atom. The van der Waals surface area contributed by atoms with Gasteiger partial charge in [0.05, 0.1) is 7.11 Å². The second kappa shape index (κ2) is 15.4. The summed E-state index contributed by atoms with van der Waals surface area (Å²) in [5.41, 5.74) is 6.48. The third-order valence-corrected chi connectivity index (χ3v) is 4.47. The number of nitrogens with two attached hydrogens (primary N) is 1. The van der Waals surface area contributed by atoms with E-state index in [0.29, 0.717) is 0 Å². The number of carbonyl (C=O) groups is 1. The zero-order chi connectivity index (χ0) is 18.9. The van der Waals surface area contributed by atoms with Crippen molar-refractivity contribution in [2.45, 2.75) is 64.2 Å². The van der Waals surface area contributed by atoms with Crippen molar-refractivity contribution < 1.29 is 9.53 Å². The molecule has 1 aromatic rings. The molecule has 26 heavy (non-hydrogen) atoms. The molecule has 0 bridgehead atoms. The number of benzene rings is 1. The molecule has 0 saturated carbocycles. The summed E-state index contributed by atoms with van der Waals surface area (Å²) in [6, 6.07) is 7.64. The summed E-state index contributed by atoms with van der Waals surface area (Å²) >= 11 is 0. The predicted octanol–water partition coefficient (Wildman–Crippen LogP) is 4.68. The van der Waals surface area contributed by atoms with Crippen LogP contribution < -0.4 is 15.8 Å². The molecular weight excluding hydrogens is 324 g/mol. The zero-order valence-corrected chi connectivity index (χ0v) is 16.3. The van der Waals surface area contributed by atoms with Crippen LogP contribution in [0.3, 0.4) is 0 Å². The van der Waals surface area contributed by atoms with Gasteiger partial charge in [-0.15, -0.1) is 0 Å². The van der Waals surface area contributed by atoms with Crippen LogP contribution in [0, 0.1) is 0 Å². The van der Waals surface area contributed by atoms with Gasteiger partial charge in [-0.3, -0.25) is 4.79 Å². The van der Waals surface area contributed by atoms with Gasteiger partial charge in [0, 0.05) is 12.6 Å². The minimum absolute atomic E-state index is 0.0294. The van der Waals surface area contributed by atoms with Gasteiger partial charge in [-0.25, -0.2) is 0 Å². The minimum atomic E-state index is -0.0294. The quantitative estimate of drug-likeness (QED) is 0.352. The molecule has 0 aliphatic heterocycles. The molecule has 0 aliphatic carbocycles. The first-order chi connectivity index (χ1) is 12.8. The first kappa shape index (κ1) is 22.2. The second-order valence-electron chi connectivity index (χ2n) is 6.72. The van der Waals surface area contributed by atoms with E-state index < -0.39 is 0 Å². The van der Waals surface area contributed by atoms with E-state index in [1.54, 1.807) is 13.2 Å². The molecule has 0 fully saturated rings. The van der Waals surface area contributed by atoms with Crippen LogP contribution in [0.1, 0.15) is 69.8 Å². The van der Waals surface area contributed by atoms with Crippen LogP contribution in [-0.4, -0.2) is 26.1 Å². The molecule has 0 unspecified atom stereocenters. The van der Waals surface area contributed by atoms with E-state index in [-0.39, 0.29) is 5.91 Å². The third kappa shape index (κ3) is 11.7. The van der Waals surface area contributed by atoms with Crippen molar-refractivity contribution >= 4 is 12.0 Å². The number of carbonyl (C=O) groups excluding carboxylic acids is 1. The van der Waals surface area contributed by atoms with Crippen molar-refractivity contribution in [1.82, 2.24) is 5.32 Å². The SMILES string of the molecule is COc1ccc(/C=C/C(=O)NCCCCCCCCCCCCN)cc1. The molecule has 0 radical (unpaired) electrons. The van der Waals surface area contributed by atoms with Crippen molar-refractivity contribution in [3.05, 3.63) is 35.9 Å². The Morgan fingerprint density at radius 2 is 1.46 bits per heavy atom. The van der Waals surface area contributed by atoms with Crippen LogP contribution in [0.15, 0.2) is 30.3 Å². The van der Waals surface area contributed by atoms with Crippen molar-refractivity contribution in [1.29, 1.82) is 0 Å². The number of hydrogen-bond donors (Lipinski definition) is 2. The fraction of sp³-hybridized carbons (Fsp3) is 0.591. The van der Waals surface area contributed by atoms with Crippen LogP contribution in [0.2, 0.25) is 0 Å². The molecule has 0 heterocycles. The van der Waals surface area contributed by atoms with E-state index >= 15 is 0 Å². The number of amides is 1. The molecule has 4 nitrogen and oxygen atoms in total. The second-order valence-corrected chi connectivity index (χ2v) is 6.72. The van der Waals surface area contributed by atoms with Crippen molar-refractivity contribution in [2.75, 3.05) is 20.2 Å². The lowest BCUT2D eigenvalue weighted by Gasteiger charge is -2.04. The van der Waals surface area contributed by atoms with Crippen molar-refractivity contribution in [2.24, 2.45) is 5.73 Å². The Hall–Kier alpha value is -1.81. The average Bonchev–Trinajstić information content (AvgIpc) is 2.67. The summed E-state index contributed by atoms with van der Waals surface area (Å²) in [6.07, 6.45) is 16.0. The number of unbranched alkanes of at least 4 members (excludes halogenated alkanes) is 9. The van der Waals surface area contributed by atoms with Crippen LogP contribution in [-0.2, 0) is 4.79 Å². The van der Waals surface area contributed by atoms with Crippen LogP contribution >= 0.6 is 0 Å². The van der Waals surface area contributed by atoms with Gasteiger partial charge in [0.15, 0.2) is 0 Å². The fourth-order valence-corrected chi connectivity index (χ4v) is 2.84. The minimum Gasteiger partial charge on any atom is -0.497 e. The zero-order valence-electron chi connectivity index (χ0n) is 16.3. The van der Waals surface area contributed by atoms with Gasteiger partial charge < -0.3 is 15.8 Å². The van der Waals surface area contributed by atoms with E-state index in [1.165, 1.54) is 57.8 Å². The molecule has 3 N–H and O–H groups in total. The predicted molar refractivity (Wildman–Crippen MR) is 110 cm³/mol. The Labute approximate surface area is 159 Å². The summed E-state index contributed by atoms with van der Waals surface area (Å²) in [7, 11) is 1.64. The smallest absolute Gasteiger partial charge is 0.243 e. The molecule has 4 heteroatoms. The molecule has 1 amide bonds. The first-order valence-electron chi connectivity index (χ1n) is 10.1. The number of ether oxygens (including phenoxy) is 1. The van der Waals surface area contributed by atoms with Crippen LogP contribution in [0.25, 0.3) is 6.08 Å². The van der Waals surface area contributed by atoms with Gasteiger partial charge >= 0.3 is 0 Å². The van der Waals surface area contributed by atoms with Gasteiger partial charge in [-0.2, -0.15) is 0 Å². The lowest BCUT2D eigenvalue weighted by molar-refractivity contribution is -0.116. The number of nitrogens with one attached hydrogen (secondary N) is 1. The van der Waals surface area contributed by atoms with Gasteiger partial charge in [-0.1, -0.05) is 63.5 Å². The maximum atomic E-state index is 11.8. The Kier molecular flexibility index (Phi) is 13.2. The summed E-state index contributed by atoms with van der Waals surface area (Å²) in [4.78, 5) is 11.8. The molecule has 146 valence electrons. The Morgan fingerprint density at radius 3 is 2.00 bits per heavy atom. The normalized spacial score (nSPS) is 11.0. The number of hydrogen-bond acceptors (Lipinski definition) is 3. The highest BCUT2D eigenvalue weighted by Gasteiger charge is 1.97. The summed E-state index contributed by atoms with van der Waals surface area (Å²) in [5, 5.41) is 2.95. The molecule has 0 spiro atoms. The van der Waals surface area contributed by atoms with Gasteiger partial charge in [0.25, 0.3) is 0 Å². The molecule has 0 aliphatic rings. The lowest BCUT2D eigenvalue weighted by Crippen LogP contribution is -2.21. The maximum absolute atomic E-state index is 11.8. The topological polar surface area (TPSA) is 64.3 Å². The van der Waals surface area contributed by atoms with Gasteiger partial charge in [-0.05, 0) is 43.2 Å². The van der Waals surface area contributed by atoms with Crippen LogP contribution in [0.5, 0.6) is 5.75 Å². The largest absolute Gasteiger partial charge is 0.497 e. The van der Waals surface area contributed by atoms with E-state index in [4.69, 9.17) is 10.5 Å². The molecule has 1 aromatic carbocycles. The van der Waals surface area contributed by atoms with Gasteiger partial charge in [0.2, 0.25) is 5.91 Å². The molecule has 0 aromatic heterocycles. The van der Waals surface area contributed by atoms with Gasteiger partial charge in [0.1, 0.15) is 5.75 Å². The highest BCUT2D eigenvalue weighted by molar-refractivity contribution is 5.91. The summed E-state index contributed by atoms with van der Waals surface area (Å²) in [6.45, 7) is 1.58. The van der Waals surface area contributed by atoms with E-state index in [0.717, 1.165) is 30.8 Å². The third-order valence-electron chi connectivity index (χ3n) is 4.47. The molecule has 1 rings (SSSR count). The summed E-state index contributed by atoms with van der Waals surface area (Å²) in [5.74, 6) is 0.788. The van der Waals surface area contributed by atoms with Crippen molar-refractivity contribution in [3.63, 3.8) is 0 Å². The highest BCUT2D eigenvalue weighted by Crippen LogP contribution is 2.12. The fourth-order valence-electron chi connectivity index (χ4n) is 2.84. The Bertz CT molecular complexity index is 497. The first-order valence-corrected chi connectivity index (χ1v) is 10.1. The highest BCUT2D eigenvalue weighted by atomic mass is 16.5. The maximum Gasteiger partial charge on any atom is 0.243 e. The van der Waals surface area contributed by atoms with E-state index in [2.05, 4.69) is 5.32 Å². The molecule has 0 saturated heterocycles. The monoisotopic (exact) mass is 360 g/mol. The van der Waals surface area contributed by atoms with Crippen molar-refractivity contribution in [3.8, 4) is 5.75 Å². The molecule has 0 atom stereocenters. The average molecular weight is 361 g/mol.